The molecule has 0 aromatic carbocycles. The lowest BCUT2D eigenvalue weighted by molar-refractivity contribution is -0.137. The molecule has 1 aliphatic rings. The van der Waals surface area contributed by atoms with Crippen molar-refractivity contribution in [2.45, 2.75) is 25.8 Å². The SMILES string of the molecule is CC1CC(NCCO)CN(CCC(=O)O)C1. The fourth-order valence-electron chi connectivity index (χ4n) is 2.31. The fourth-order valence-corrected chi connectivity index (χ4v) is 2.31. The molecular formula is C11H22N2O3. The number of rotatable bonds is 6. The van der Waals surface area contributed by atoms with Crippen LogP contribution in [0.15, 0.2) is 0 Å². The van der Waals surface area contributed by atoms with Gasteiger partial charge in [0.05, 0.1) is 13.0 Å². The lowest BCUT2D eigenvalue weighted by Crippen LogP contribution is -2.49. The van der Waals surface area contributed by atoms with E-state index in [2.05, 4.69) is 17.1 Å². The zero-order valence-corrected chi connectivity index (χ0v) is 9.85. The van der Waals surface area contributed by atoms with Crippen molar-refractivity contribution in [3.63, 3.8) is 0 Å². The number of carboxylic acid groups (broad SMARTS) is 1. The summed E-state index contributed by atoms with van der Waals surface area (Å²) >= 11 is 0. The molecule has 1 fully saturated rings. The second kappa shape index (κ2) is 6.83. The van der Waals surface area contributed by atoms with Gasteiger partial charge in [-0.2, -0.15) is 0 Å². The van der Waals surface area contributed by atoms with E-state index >= 15 is 0 Å². The summed E-state index contributed by atoms with van der Waals surface area (Å²) in [5.41, 5.74) is 0. The van der Waals surface area contributed by atoms with E-state index in [0.29, 0.717) is 25.0 Å². The van der Waals surface area contributed by atoms with E-state index in [9.17, 15) is 4.79 Å². The van der Waals surface area contributed by atoms with Crippen molar-refractivity contribution in [3.05, 3.63) is 0 Å². The zero-order valence-electron chi connectivity index (χ0n) is 9.85. The normalized spacial score (nSPS) is 26.9. The van der Waals surface area contributed by atoms with Crippen LogP contribution in [0.4, 0.5) is 0 Å². The maximum atomic E-state index is 10.5. The Hall–Kier alpha value is -0.650. The number of nitrogens with one attached hydrogen (secondary N) is 1. The first-order valence-corrected chi connectivity index (χ1v) is 5.90. The number of likely N-dealkylation sites (tertiary alicyclic amines) is 1. The van der Waals surface area contributed by atoms with E-state index in [1.165, 1.54) is 0 Å². The summed E-state index contributed by atoms with van der Waals surface area (Å²) in [6.07, 6.45) is 1.31. The first-order valence-electron chi connectivity index (χ1n) is 5.90. The van der Waals surface area contributed by atoms with Crippen LogP contribution in [0.25, 0.3) is 0 Å². The molecule has 0 saturated carbocycles. The third kappa shape index (κ3) is 4.92. The molecule has 0 aromatic heterocycles. The molecule has 2 unspecified atom stereocenters. The molecule has 5 heteroatoms. The van der Waals surface area contributed by atoms with E-state index in [4.69, 9.17) is 10.2 Å². The quantitative estimate of drug-likeness (QED) is 0.587. The van der Waals surface area contributed by atoms with E-state index in [1.807, 2.05) is 0 Å². The molecule has 0 bridgehead atoms. The Morgan fingerprint density at radius 3 is 2.88 bits per heavy atom. The van der Waals surface area contributed by atoms with E-state index in [0.717, 1.165) is 19.5 Å². The van der Waals surface area contributed by atoms with Crippen LogP contribution in [0, 0.1) is 5.92 Å². The number of carbonyl (C=O) groups is 1. The van der Waals surface area contributed by atoms with Crippen LogP contribution in [0.5, 0.6) is 0 Å². The molecule has 3 N–H and O–H groups in total. The number of hydrogen-bond donors (Lipinski definition) is 3. The first-order chi connectivity index (χ1) is 7.61. The van der Waals surface area contributed by atoms with Gasteiger partial charge in [0, 0.05) is 32.2 Å². The number of carboxylic acids is 1. The standard InChI is InChI=1S/C11H22N2O3/c1-9-6-10(12-3-5-14)8-13(7-9)4-2-11(15)16/h9-10,12,14H,2-8H2,1H3,(H,15,16). The Morgan fingerprint density at radius 1 is 1.50 bits per heavy atom. The summed E-state index contributed by atoms with van der Waals surface area (Å²) in [6, 6.07) is 0.379. The van der Waals surface area contributed by atoms with Gasteiger partial charge in [0.25, 0.3) is 0 Å². The molecule has 0 amide bonds. The zero-order chi connectivity index (χ0) is 12.0. The van der Waals surface area contributed by atoms with Gasteiger partial charge < -0.3 is 20.4 Å². The largest absolute Gasteiger partial charge is 0.481 e. The minimum Gasteiger partial charge on any atom is -0.481 e. The number of aliphatic hydroxyl groups is 1. The third-order valence-electron chi connectivity index (χ3n) is 2.92. The van der Waals surface area contributed by atoms with Crippen molar-refractivity contribution in [1.82, 2.24) is 10.2 Å². The first kappa shape index (κ1) is 13.4. The lowest BCUT2D eigenvalue weighted by atomic mass is 9.96. The van der Waals surface area contributed by atoms with Crippen molar-refractivity contribution < 1.29 is 15.0 Å². The van der Waals surface area contributed by atoms with Crippen LogP contribution in [0.3, 0.4) is 0 Å². The smallest absolute Gasteiger partial charge is 0.304 e. The molecule has 0 aromatic rings. The van der Waals surface area contributed by atoms with Crippen molar-refractivity contribution in [1.29, 1.82) is 0 Å². The molecule has 1 saturated heterocycles. The average molecular weight is 230 g/mol. The van der Waals surface area contributed by atoms with Gasteiger partial charge in [-0.3, -0.25) is 4.79 Å². The minimum atomic E-state index is -0.738. The number of nitrogens with zero attached hydrogens (tertiary/aromatic N) is 1. The fraction of sp³-hybridized carbons (Fsp3) is 0.909. The molecule has 1 aliphatic heterocycles. The summed E-state index contributed by atoms with van der Waals surface area (Å²) in [5.74, 6) is -0.156. The van der Waals surface area contributed by atoms with Gasteiger partial charge in [-0.25, -0.2) is 0 Å². The van der Waals surface area contributed by atoms with Crippen LogP contribution in [0.2, 0.25) is 0 Å². The van der Waals surface area contributed by atoms with Crippen LogP contribution >= 0.6 is 0 Å². The average Bonchev–Trinajstić information content (AvgIpc) is 2.23. The Labute approximate surface area is 96.4 Å². The predicted octanol–water partition coefficient (Wildman–Crippen LogP) is -0.247. The van der Waals surface area contributed by atoms with E-state index in [-0.39, 0.29) is 13.0 Å². The molecule has 1 heterocycles. The van der Waals surface area contributed by atoms with Gasteiger partial charge in [-0.05, 0) is 12.3 Å². The molecule has 0 radical (unpaired) electrons. The van der Waals surface area contributed by atoms with Gasteiger partial charge in [-0.1, -0.05) is 6.92 Å². The highest BCUT2D eigenvalue weighted by Gasteiger charge is 2.24. The Bertz CT molecular complexity index is 223. The molecule has 0 spiro atoms. The van der Waals surface area contributed by atoms with Crippen molar-refractivity contribution in [3.8, 4) is 0 Å². The monoisotopic (exact) mass is 230 g/mol. The Morgan fingerprint density at radius 2 is 2.25 bits per heavy atom. The van der Waals surface area contributed by atoms with Gasteiger partial charge in [0.15, 0.2) is 0 Å². The van der Waals surface area contributed by atoms with Crippen molar-refractivity contribution >= 4 is 5.97 Å². The number of aliphatic carboxylic acids is 1. The summed E-state index contributed by atoms with van der Waals surface area (Å²) in [4.78, 5) is 12.7. The number of hydrogen-bond acceptors (Lipinski definition) is 4. The minimum absolute atomic E-state index is 0.153. The number of aliphatic hydroxyl groups excluding tert-OH is 1. The molecule has 1 rings (SSSR count). The van der Waals surface area contributed by atoms with Crippen molar-refractivity contribution in [2.24, 2.45) is 5.92 Å². The lowest BCUT2D eigenvalue weighted by Gasteiger charge is -2.36. The van der Waals surface area contributed by atoms with E-state index in [1.54, 1.807) is 0 Å². The highest BCUT2D eigenvalue weighted by molar-refractivity contribution is 5.66. The van der Waals surface area contributed by atoms with Crippen LogP contribution < -0.4 is 5.32 Å². The van der Waals surface area contributed by atoms with Gasteiger partial charge in [0.1, 0.15) is 0 Å². The summed E-state index contributed by atoms with van der Waals surface area (Å²) in [5, 5.41) is 20.7. The van der Waals surface area contributed by atoms with Gasteiger partial charge in [0.2, 0.25) is 0 Å². The Kier molecular flexibility index (Phi) is 5.73. The maximum absolute atomic E-state index is 10.5. The molecule has 16 heavy (non-hydrogen) atoms. The Balaban J connectivity index is 2.32. The van der Waals surface area contributed by atoms with Crippen LogP contribution in [-0.2, 0) is 4.79 Å². The van der Waals surface area contributed by atoms with E-state index < -0.39 is 5.97 Å². The molecule has 94 valence electrons. The third-order valence-corrected chi connectivity index (χ3v) is 2.92. The summed E-state index contributed by atoms with van der Waals surface area (Å²) < 4.78 is 0. The van der Waals surface area contributed by atoms with Crippen LogP contribution in [0.1, 0.15) is 19.8 Å². The summed E-state index contributed by atoms with van der Waals surface area (Å²) in [6.45, 7) is 5.43. The molecular weight excluding hydrogens is 208 g/mol. The summed E-state index contributed by atoms with van der Waals surface area (Å²) in [7, 11) is 0. The molecule has 0 aliphatic carbocycles. The second-order valence-electron chi connectivity index (χ2n) is 4.62. The molecule has 5 nitrogen and oxygen atoms in total. The predicted molar refractivity (Wildman–Crippen MR) is 61.4 cm³/mol. The van der Waals surface area contributed by atoms with Gasteiger partial charge >= 0.3 is 5.97 Å². The van der Waals surface area contributed by atoms with Crippen molar-refractivity contribution in [2.75, 3.05) is 32.8 Å². The topological polar surface area (TPSA) is 72.8 Å². The number of piperidine rings is 1. The maximum Gasteiger partial charge on any atom is 0.304 e. The highest BCUT2D eigenvalue weighted by atomic mass is 16.4. The van der Waals surface area contributed by atoms with Crippen LogP contribution in [-0.4, -0.2) is 59.9 Å². The highest BCUT2D eigenvalue weighted by Crippen LogP contribution is 2.16. The molecule has 2 atom stereocenters. The second-order valence-corrected chi connectivity index (χ2v) is 4.62. The van der Waals surface area contributed by atoms with Gasteiger partial charge in [-0.15, -0.1) is 0 Å².